The number of aromatic nitrogens is 1. The molecule has 1 atom stereocenters. The van der Waals surface area contributed by atoms with E-state index in [0.29, 0.717) is 10.5 Å². The van der Waals surface area contributed by atoms with Gasteiger partial charge in [-0.2, -0.15) is 0 Å². The fourth-order valence-electron chi connectivity index (χ4n) is 3.71. The number of hydrogen-bond acceptors (Lipinski definition) is 0. The molecule has 1 N–H and O–H groups in total. The predicted octanol–water partition coefficient (Wildman–Crippen LogP) is 7.41. The van der Waals surface area contributed by atoms with E-state index in [-0.39, 0.29) is 11.7 Å². The van der Waals surface area contributed by atoms with Gasteiger partial charge >= 0.3 is 0 Å². The lowest BCUT2D eigenvalue weighted by Gasteiger charge is -2.14. The second-order valence-electron chi connectivity index (χ2n) is 7.14. The number of H-pyrrole nitrogens is 1. The zero-order valence-corrected chi connectivity index (χ0v) is 16.6. The van der Waals surface area contributed by atoms with Crippen LogP contribution in [0.3, 0.4) is 0 Å². The Balaban J connectivity index is 2.05. The second kappa shape index (κ2) is 8.26. The molecule has 0 amide bonds. The average molecular weight is 372 g/mol. The molecule has 0 radical (unpaired) electrons. The van der Waals surface area contributed by atoms with Gasteiger partial charge in [0.25, 0.3) is 0 Å². The van der Waals surface area contributed by atoms with E-state index >= 15 is 0 Å². The summed E-state index contributed by atoms with van der Waals surface area (Å²) in [4.78, 5) is 3.37. The van der Waals surface area contributed by atoms with E-state index in [2.05, 4.69) is 50.0 Å². The van der Waals surface area contributed by atoms with Crippen LogP contribution in [0.5, 0.6) is 0 Å². The molecule has 3 aromatic rings. The van der Waals surface area contributed by atoms with Crippen molar-refractivity contribution in [2.24, 2.45) is 0 Å². The van der Waals surface area contributed by atoms with Gasteiger partial charge in [-0.3, -0.25) is 0 Å². The molecule has 0 fully saturated rings. The minimum Gasteiger partial charge on any atom is -0.355 e. The highest BCUT2D eigenvalue weighted by Gasteiger charge is 2.20. The van der Waals surface area contributed by atoms with Gasteiger partial charge in [0.05, 0.1) is 5.52 Å². The number of aromatic amines is 1. The van der Waals surface area contributed by atoms with Crippen molar-refractivity contribution in [2.45, 2.75) is 58.8 Å². The van der Waals surface area contributed by atoms with Gasteiger partial charge in [0.15, 0.2) is 0 Å². The van der Waals surface area contributed by atoms with Crippen molar-refractivity contribution in [1.29, 1.82) is 0 Å². The van der Waals surface area contributed by atoms with E-state index < -0.39 is 0 Å². The number of rotatable bonds is 7. The number of hydrogen-bond donors (Lipinski definition) is 1. The normalized spacial score (nSPS) is 12.7. The maximum atomic E-state index is 14.5. The van der Waals surface area contributed by atoms with Crippen molar-refractivity contribution in [3.63, 3.8) is 0 Å². The van der Waals surface area contributed by atoms with Crippen LogP contribution in [-0.2, 0) is 12.8 Å². The van der Waals surface area contributed by atoms with Crippen LogP contribution in [0.1, 0.15) is 68.3 Å². The summed E-state index contributed by atoms with van der Waals surface area (Å²) in [5, 5.41) is 1.38. The van der Waals surface area contributed by atoms with Crippen LogP contribution in [0.4, 0.5) is 4.39 Å². The number of aryl methyl sites for hydroxylation is 2. The Bertz CT molecular complexity index is 879. The Labute approximate surface area is 160 Å². The third kappa shape index (κ3) is 3.81. The lowest BCUT2D eigenvalue weighted by molar-refractivity contribution is 0.637. The Hall–Kier alpha value is -1.80. The quantitative estimate of drug-likeness (QED) is 0.445. The Morgan fingerprint density at radius 3 is 2.42 bits per heavy atom. The van der Waals surface area contributed by atoms with Gasteiger partial charge in [-0.05, 0) is 48.1 Å². The first-order chi connectivity index (χ1) is 12.5. The Morgan fingerprint density at radius 1 is 1.04 bits per heavy atom. The molecule has 0 spiro atoms. The second-order valence-corrected chi connectivity index (χ2v) is 7.58. The third-order valence-electron chi connectivity index (χ3n) is 5.20. The SMILES string of the molecule is CCCCc1c(C(C)c2ccc(CCC)cc2)[nH]c2c(F)cc(Cl)cc12. The summed E-state index contributed by atoms with van der Waals surface area (Å²) in [7, 11) is 0. The minimum atomic E-state index is -0.276. The minimum absolute atomic E-state index is 0.183. The first kappa shape index (κ1) is 19.0. The first-order valence-corrected chi connectivity index (χ1v) is 10.0. The molecular formula is C23H27ClFN. The maximum absolute atomic E-state index is 14.5. The smallest absolute Gasteiger partial charge is 0.148 e. The third-order valence-corrected chi connectivity index (χ3v) is 5.41. The van der Waals surface area contributed by atoms with Crippen molar-refractivity contribution >= 4 is 22.5 Å². The molecule has 0 saturated carbocycles. The monoisotopic (exact) mass is 371 g/mol. The predicted molar refractivity (Wildman–Crippen MR) is 110 cm³/mol. The van der Waals surface area contributed by atoms with Crippen molar-refractivity contribution in [3.8, 4) is 0 Å². The zero-order chi connectivity index (χ0) is 18.7. The van der Waals surface area contributed by atoms with Crippen LogP contribution in [0.15, 0.2) is 36.4 Å². The van der Waals surface area contributed by atoms with Crippen molar-refractivity contribution in [2.75, 3.05) is 0 Å². The van der Waals surface area contributed by atoms with Gasteiger partial charge in [0, 0.05) is 22.0 Å². The van der Waals surface area contributed by atoms with E-state index in [0.717, 1.165) is 43.2 Å². The molecule has 3 rings (SSSR count). The van der Waals surface area contributed by atoms with Crippen molar-refractivity contribution in [3.05, 3.63) is 69.6 Å². The van der Waals surface area contributed by atoms with Crippen LogP contribution >= 0.6 is 11.6 Å². The summed E-state index contributed by atoms with van der Waals surface area (Å²) in [5.41, 5.74) is 5.50. The van der Waals surface area contributed by atoms with Gasteiger partial charge in [-0.15, -0.1) is 0 Å². The van der Waals surface area contributed by atoms with Gasteiger partial charge in [-0.1, -0.05) is 69.5 Å². The molecule has 0 saturated heterocycles. The number of nitrogens with one attached hydrogen (secondary N) is 1. The van der Waals surface area contributed by atoms with Gasteiger partial charge in [0.2, 0.25) is 0 Å². The lowest BCUT2D eigenvalue weighted by Crippen LogP contribution is -2.01. The number of fused-ring (bicyclic) bond motifs is 1. The highest BCUT2D eigenvalue weighted by molar-refractivity contribution is 6.31. The molecular weight excluding hydrogens is 345 g/mol. The van der Waals surface area contributed by atoms with E-state index in [1.54, 1.807) is 0 Å². The van der Waals surface area contributed by atoms with Crippen LogP contribution < -0.4 is 0 Å². The average Bonchev–Trinajstić information content (AvgIpc) is 2.99. The number of halogens is 2. The van der Waals surface area contributed by atoms with E-state index in [1.165, 1.54) is 22.8 Å². The van der Waals surface area contributed by atoms with Crippen LogP contribution in [-0.4, -0.2) is 4.98 Å². The van der Waals surface area contributed by atoms with E-state index in [9.17, 15) is 4.39 Å². The number of unbranched alkanes of at least 4 members (excludes halogenated alkanes) is 1. The molecule has 1 aromatic heterocycles. The first-order valence-electron chi connectivity index (χ1n) is 9.63. The molecule has 26 heavy (non-hydrogen) atoms. The van der Waals surface area contributed by atoms with Gasteiger partial charge in [0.1, 0.15) is 5.82 Å². The number of benzene rings is 2. The molecule has 138 valence electrons. The summed E-state index contributed by atoms with van der Waals surface area (Å²) in [6.45, 7) is 6.56. The molecule has 1 unspecified atom stereocenters. The fourth-order valence-corrected chi connectivity index (χ4v) is 3.92. The van der Waals surface area contributed by atoms with Gasteiger partial charge in [-0.25, -0.2) is 4.39 Å². The highest BCUT2D eigenvalue weighted by Crippen LogP contribution is 2.35. The molecule has 0 aliphatic rings. The standard InChI is InChI=1S/C23H27ClFN/c1-4-6-8-19-20-13-18(24)14-21(25)23(20)26-22(19)15(3)17-11-9-16(7-5-2)10-12-17/h9-15,26H,4-8H2,1-3H3. The molecule has 3 heteroatoms. The zero-order valence-electron chi connectivity index (χ0n) is 15.8. The molecule has 1 heterocycles. The summed E-state index contributed by atoms with van der Waals surface area (Å²) in [6, 6.07) is 12.1. The van der Waals surface area contributed by atoms with Crippen LogP contribution in [0.25, 0.3) is 10.9 Å². The van der Waals surface area contributed by atoms with Gasteiger partial charge < -0.3 is 4.98 Å². The van der Waals surface area contributed by atoms with Crippen LogP contribution in [0, 0.1) is 5.82 Å². The van der Waals surface area contributed by atoms with E-state index in [1.807, 2.05) is 6.07 Å². The topological polar surface area (TPSA) is 15.8 Å². The van der Waals surface area contributed by atoms with Crippen molar-refractivity contribution < 1.29 is 4.39 Å². The summed E-state index contributed by atoms with van der Waals surface area (Å²) in [6.07, 6.45) is 5.38. The summed E-state index contributed by atoms with van der Waals surface area (Å²) >= 11 is 6.13. The summed E-state index contributed by atoms with van der Waals surface area (Å²) < 4.78 is 14.5. The van der Waals surface area contributed by atoms with Crippen LogP contribution in [0.2, 0.25) is 5.02 Å². The highest BCUT2D eigenvalue weighted by atomic mass is 35.5. The molecule has 2 aromatic carbocycles. The molecule has 0 aliphatic heterocycles. The molecule has 0 bridgehead atoms. The molecule has 0 aliphatic carbocycles. The maximum Gasteiger partial charge on any atom is 0.148 e. The fraction of sp³-hybridized carbons (Fsp3) is 0.391. The van der Waals surface area contributed by atoms with E-state index in [4.69, 9.17) is 11.6 Å². The Morgan fingerprint density at radius 2 is 1.77 bits per heavy atom. The summed E-state index contributed by atoms with van der Waals surface area (Å²) in [5.74, 6) is -0.0925. The van der Waals surface area contributed by atoms with Crippen molar-refractivity contribution in [1.82, 2.24) is 4.98 Å². The Kier molecular flexibility index (Phi) is 6.03. The lowest BCUT2D eigenvalue weighted by atomic mass is 9.91. The molecule has 1 nitrogen and oxygen atoms in total. The largest absolute Gasteiger partial charge is 0.355 e.